The van der Waals surface area contributed by atoms with E-state index in [0.717, 1.165) is 19.4 Å². The molecule has 20 heavy (non-hydrogen) atoms. The second-order valence-corrected chi connectivity index (χ2v) is 5.00. The zero-order chi connectivity index (χ0) is 14.4. The molecule has 0 saturated carbocycles. The normalized spacial score (nSPS) is 18.6. The van der Waals surface area contributed by atoms with E-state index in [1.54, 1.807) is 6.07 Å². The van der Waals surface area contributed by atoms with Gasteiger partial charge in [-0.05, 0) is 32.3 Å². The Morgan fingerprint density at radius 3 is 2.90 bits per heavy atom. The summed E-state index contributed by atoms with van der Waals surface area (Å²) in [4.78, 5) is 25.4. The van der Waals surface area contributed by atoms with Gasteiger partial charge in [0.2, 0.25) is 0 Å². The third-order valence-electron chi connectivity index (χ3n) is 3.50. The monoisotopic (exact) mass is 279 g/mol. The lowest BCUT2D eigenvalue weighted by molar-refractivity contribution is 0.0948. The molecule has 0 radical (unpaired) electrons. The van der Waals surface area contributed by atoms with Crippen LogP contribution in [0.25, 0.3) is 0 Å². The molecule has 1 aromatic rings. The lowest BCUT2D eigenvalue weighted by Crippen LogP contribution is -2.48. The van der Waals surface area contributed by atoms with Crippen LogP contribution >= 0.6 is 0 Å². The largest absolute Gasteiger partial charge is 0.349 e. The van der Waals surface area contributed by atoms with Crippen LogP contribution in [0.1, 0.15) is 36.7 Å². The van der Waals surface area contributed by atoms with Crippen molar-refractivity contribution in [1.82, 2.24) is 25.7 Å². The number of rotatable bonds is 4. The van der Waals surface area contributed by atoms with Crippen molar-refractivity contribution < 1.29 is 9.59 Å². The number of urea groups is 1. The Kier molecular flexibility index (Phi) is 4.97. The molecule has 1 saturated heterocycles. The van der Waals surface area contributed by atoms with Crippen molar-refractivity contribution in [2.75, 3.05) is 19.6 Å². The average Bonchev–Trinajstić information content (AvgIpc) is 2.98. The first-order chi connectivity index (χ1) is 9.68. The maximum Gasteiger partial charge on any atom is 0.317 e. The molecule has 1 aliphatic heterocycles. The number of hydrogen-bond donors (Lipinski definition) is 3. The fraction of sp³-hybridized carbons (Fsp3) is 0.615. The van der Waals surface area contributed by atoms with Crippen molar-refractivity contribution >= 4 is 11.9 Å². The van der Waals surface area contributed by atoms with E-state index in [-0.39, 0.29) is 11.9 Å². The Balaban J connectivity index is 1.65. The summed E-state index contributed by atoms with van der Waals surface area (Å²) in [6.45, 7) is 3.69. The maximum absolute atomic E-state index is 12.0. The highest BCUT2D eigenvalue weighted by Crippen LogP contribution is 2.15. The van der Waals surface area contributed by atoms with Crippen LogP contribution in [-0.4, -0.2) is 52.7 Å². The molecule has 2 heterocycles. The van der Waals surface area contributed by atoms with Crippen LogP contribution < -0.4 is 10.6 Å². The van der Waals surface area contributed by atoms with Crippen LogP contribution in [0, 0.1) is 0 Å². The molecule has 110 valence electrons. The minimum absolute atomic E-state index is 0.0482. The molecule has 0 bridgehead atoms. The summed E-state index contributed by atoms with van der Waals surface area (Å²) in [6.07, 6.45) is 4.83. The van der Waals surface area contributed by atoms with Gasteiger partial charge in [-0.3, -0.25) is 9.89 Å². The van der Waals surface area contributed by atoms with Crippen molar-refractivity contribution in [3.05, 3.63) is 18.0 Å². The molecule has 3 amide bonds. The van der Waals surface area contributed by atoms with Gasteiger partial charge in [0.25, 0.3) is 5.91 Å². The smallest absolute Gasteiger partial charge is 0.317 e. The van der Waals surface area contributed by atoms with E-state index in [9.17, 15) is 9.59 Å². The first kappa shape index (κ1) is 14.4. The zero-order valence-electron chi connectivity index (χ0n) is 11.7. The van der Waals surface area contributed by atoms with E-state index in [0.29, 0.717) is 24.8 Å². The number of aromatic amines is 1. The molecule has 7 heteroatoms. The maximum atomic E-state index is 12.0. The third-order valence-corrected chi connectivity index (χ3v) is 3.50. The molecule has 1 aromatic heterocycles. The van der Waals surface area contributed by atoms with Crippen molar-refractivity contribution in [1.29, 1.82) is 0 Å². The Bertz CT molecular complexity index is 446. The van der Waals surface area contributed by atoms with Crippen molar-refractivity contribution in [3.63, 3.8) is 0 Å². The second-order valence-electron chi connectivity index (χ2n) is 5.00. The van der Waals surface area contributed by atoms with Crippen LogP contribution in [0.3, 0.4) is 0 Å². The SMILES string of the molecule is CC1CCCCN1C(=O)NCCNC(=O)c1ccn[nH]1. The third kappa shape index (κ3) is 3.72. The summed E-state index contributed by atoms with van der Waals surface area (Å²) in [7, 11) is 0. The molecule has 1 atom stereocenters. The van der Waals surface area contributed by atoms with Gasteiger partial charge in [-0.2, -0.15) is 5.10 Å². The topological polar surface area (TPSA) is 90.1 Å². The number of hydrogen-bond acceptors (Lipinski definition) is 3. The minimum Gasteiger partial charge on any atom is -0.349 e. The highest BCUT2D eigenvalue weighted by atomic mass is 16.2. The fourth-order valence-corrected chi connectivity index (χ4v) is 2.32. The molecule has 0 aliphatic carbocycles. The van der Waals surface area contributed by atoms with Gasteiger partial charge >= 0.3 is 6.03 Å². The summed E-state index contributed by atoms with van der Waals surface area (Å²) < 4.78 is 0. The summed E-state index contributed by atoms with van der Waals surface area (Å²) in [5.74, 6) is -0.219. The van der Waals surface area contributed by atoms with E-state index in [1.807, 2.05) is 4.90 Å². The standard InChI is InChI=1S/C13H21N5O2/c1-10-4-2-3-9-18(10)13(20)15-8-7-14-12(19)11-5-6-16-17-11/h5-6,10H,2-4,7-9H2,1H3,(H,14,19)(H,15,20)(H,16,17). The minimum atomic E-state index is -0.219. The molecular weight excluding hydrogens is 258 g/mol. The lowest BCUT2D eigenvalue weighted by atomic mass is 10.0. The number of aromatic nitrogens is 2. The van der Waals surface area contributed by atoms with Gasteiger partial charge in [-0.1, -0.05) is 0 Å². The van der Waals surface area contributed by atoms with Gasteiger partial charge < -0.3 is 15.5 Å². The average molecular weight is 279 g/mol. The molecule has 0 aromatic carbocycles. The van der Waals surface area contributed by atoms with Crippen LogP contribution in [0.15, 0.2) is 12.3 Å². The zero-order valence-corrected chi connectivity index (χ0v) is 11.7. The lowest BCUT2D eigenvalue weighted by Gasteiger charge is -2.33. The Morgan fingerprint density at radius 2 is 2.20 bits per heavy atom. The Labute approximate surface area is 118 Å². The van der Waals surface area contributed by atoms with E-state index >= 15 is 0 Å². The van der Waals surface area contributed by atoms with Crippen LogP contribution in [-0.2, 0) is 0 Å². The van der Waals surface area contributed by atoms with E-state index < -0.39 is 0 Å². The van der Waals surface area contributed by atoms with Crippen LogP contribution in [0.5, 0.6) is 0 Å². The number of carbonyl (C=O) groups excluding carboxylic acids is 2. The molecule has 1 fully saturated rings. The summed E-state index contributed by atoms with van der Waals surface area (Å²) in [6, 6.07) is 1.85. The number of H-pyrrole nitrogens is 1. The molecule has 0 spiro atoms. The first-order valence-electron chi connectivity index (χ1n) is 7.00. The van der Waals surface area contributed by atoms with E-state index in [1.165, 1.54) is 12.6 Å². The molecule has 3 N–H and O–H groups in total. The molecule has 1 aliphatic rings. The number of nitrogens with one attached hydrogen (secondary N) is 3. The highest BCUT2D eigenvalue weighted by molar-refractivity contribution is 5.92. The van der Waals surface area contributed by atoms with Crippen molar-refractivity contribution in [2.45, 2.75) is 32.2 Å². The number of likely N-dealkylation sites (tertiary alicyclic amines) is 1. The number of amides is 3. The molecule has 2 rings (SSSR count). The highest BCUT2D eigenvalue weighted by Gasteiger charge is 2.22. The molecule has 1 unspecified atom stereocenters. The first-order valence-corrected chi connectivity index (χ1v) is 7.00. The Hall–Kier alpha value is -2.05. The Morgan fingerprint density at radius 1 is 1.40 bits per heavy atom. The van der Waals surface area contributed by atoms with Gasteiger partial charge in [0, 0.05) is 31.9 Å². The van der Waals surface area contributed by atoms with E-state index in [4.69, 9.17) is 0 Å². The van der Waals surface area contributed by atoms with Crippen LogP contribution in [0.2, 0.25) is 0 Å². The summed E-state index contributed by atoms with van der Waals surface area (Å²) in [5.41, 5.74) is 0.418. The summed E-state index contributed by atoms with van der Waals surface area (Å²) >= 11 is 0. The van der Waals surface area contributed by atoms with Crippen LogP contribution in [0.4, 0.5) is 4.79 Å². The molecule has 7 nitrogen and oxygen atoms in total. The number of piperidine rings is 1. The predicted molar refractivity (Wildman–Crippen MR) is 74.3 cm³/mol. The van der Waals surface area contributed by atoms with E-state index in [2.05, 4.69) is 27.8 Å². The summed E-state index contributed by atoms with van der Waals surface area (Å²) in [5, 5.41) is 11.8. The fourth-order valence-electron chi connectivity index (χ4n) is 2.32. The predicted octanol–water partition coefficient (Wildman–Crippen LogP) is 0.723. The second kappa shape index (κ2) is 6.93. The van der Waals surface area contributed by atoms with Crippen molar-refractivity contribution in [3.8, 4) is 0 Å². The van der Waals surface area contributed by atoms with Gasteiger partial charge in [0.15, 0.2) is 0 Å². The van der Waals surface area contributed by atoms with Gasteiger partial charge in [-0.15, -0.1) is 0 Å². The number of nitrogens with zero attached hydrogens (tertiary/aromatic N) is 2. The van der Waals surface area contributed by atoms with Gasteiger partial charge in [-0.25, -0.2) is 4.79 Å². The number of carbonyl (C=O) groups is 2. The van der Waals surface area contributed by atoms with Gasteiger partial charge in [0.1, 0.15) is 5.69 Å². The molecular formula is C13H21N5O2. The van der Waals surface area contributed by atoms with Crippen molar-refractivity contribution in [2.24, 2.45) is 0 Å². The quantitative estimate of drug-likeness (QED) is 0.709. The van der Waals surface area contributed by atoms with Gasteiger partial charge in [0.05, 0.1) is 0 Å².